The summed E-state index contributed by atoms with van der Waals surface area (Å²) in [5.41, 5.74) is 0. The van der Waals surface area contributed by atoms with Gasteiger partial charge in [0.05, 0.1) is 19.8 Å². The Hall–Kier alpha value is -3.32. The molecule has 2 aliphatic heterocycles. The van der Waals surface area contributed by atoms with E-state index in [1.54, 1.807) is 0 Å². The predicted molar refractivity (Wildman–Crippen MR) is 270 cm³/mol. The van der Waals surface area contributed by atoms with Gasteiger partial charge in [-0.25, -0.2) is 0 Å². The summed E-state index contributed by atoms with van der Waals surface area (Å²) >= 11 is 0. The number of carbonyl (C=O) groups is 2. The maximum Gasteiger partial charge on any atom is 0.306 e. The van der Waals surface area contributed by atoms with Gasteiger partial charge in [0, 0.05) is 12.8 Å². The van der Waals surface area contributed by atoms with Crippen LogP contribution in [-0.4, -0.2) is 142 Å². The fourth-order valence-electron chi connectivity index (χ4n) is 7.59. The molecule has 2 heterocycles. The molecule has 0 aromatic rings. The van der Waals surface area contributed by atoms with Gasteiger partial charge in [0.25, 0.3) is 0 Å². The molecule has 0 bridgehead atoms. The molecule has 400 valence electrons. The van der Waals surface area contributed by atoms with Crippen LogP contribution in [0.1, 0.15) is 155 Å². The van der Waals surface area contributed by atoms with E-state index in [4.69, 9.17) is 28.4 Å². The van der Waals surface area contributed by atoms with Crippen molar-refractivity contribution in [2.24, 2.45) is 0 Å². The highest BCUT2D eigenvalue weighted by atomic mass is 16.7. The Morgan fingerprint density at radius 3 is 1.51 bits per heavy atom. The van der Waals surface area contributed by atoms with Gasteiger partial charge < -0.3 is 64.2 Å². The molecule has 11 atom stereocenters. The molecule has 0 aromatic heterocycles. The van der Waals surface area contributed by atoms with Gasteiger partial charge in [0.2, 0.25) is 0 Å². The zero-order valence-corrected chi connectivity index (χ0v) is 42.2. The Morgan fingerprint density at radius 2 is 0.943 bits per heavy atom. The number of esters is 2. The van der Waals surface area contributed by atoms with E-state index in [1.807, 2.05) is 0 Å². The third-order valence-corrected chi connectivity index (χ3v) is 11.9. The van der Waals surface area contributed by atoms with Gasteiger partial charge in [0.1, 0.15) is 55.4 Å². The summed E-state index contributed by atoms with van der Waals surface area (Å²) in [7, 11) is 0. The minimum Gasteiger partial charge on any atom is -0.462 e. The molecule has 2 saturated heterocycles. The van der Waals surface area contributed by atoms with Crippen LogP contribution < -0.4 is 0 Å². The van der Waals surface area contributed by atoms with Crippen LogP contribution >= 0.6 is 0 Å². The second-order valence-electron chi connectivity index (χ2n) is 18.0. The van der Waals surface area contributed by atoms with Crippen molar-refractivity contribution in [3.05, 3.63) is 85.1 Å². The number of aliphatic hydroxyl groups is 7. The van der Waals surface area contributed by atoms with Gasteiger partial charge in [-0.05, 0) is 83.5 Å². The topological polar surface area (TPSA) is 231 Å². The van der Waals surface area contributed by atoms with Crippen LogP contribution in [0.5, 0.6) is 0 Å². The lowest BCUT2D eigenvalue weighted by Crippen LogP contribution is -2.61. The van der Waals surface area contributed by atoms with Crippen molar-refractivity contribution in [3.8, 4) is 0 Å². The fraction of sp³-hybridized carbons (Fsp3) is 0.709. The molecule has 0 radical (unpaired) electrons. The molecule has 0 amide bonds. The summed E-state index contributed by atoms with van der Waals surface area (Å²) in [5.74, 6) is -0.988. The maximum absolute atomic E-state index is 13.0. The smallest absolute Gasteiger partial charge is 0.306 e. The average molecular weight is 991 g/mol. The monoisotopic (exact) mass is 991 g/mol. The highest BCUT2D eigenvalue weighted by Gasteiger charge is 2.47. The number of carbonyl (C=O) groups excluding carboxylic acids is 2. The van der Waals surface area contributed by atoms with Gasteiger partial charge in [-0.2, -0.15) is 0 Å². The van der Waals surface area contributed by atoms with E-state index in [0.717, 1.165) is 89.9 Å². The summed E-state index contributed by atoms with van der Waals surface area (Å²) in [6.45, 7) is 2.38. The minimum atomic E-state index is -1.78. The van der Waals surface area contributed by atoms with Crippen LogP contribution in [0.4, 0.5) is 0 Å². The predicted octanol–water partition coefficient (Wildman–Crippen LogP) is 7.60. The van der Waals surface area contributed by atoms with Crippen molar-refractivity contribution in [2.45, 2.75) is 223 Å². The Morgan fingerprint density at radius 1 is 0.486 bits per heavy atom. The normalized spacial score (nSPS) is 26.1. The molecular weight excluding hydrogens is 901 g/mol. The van der Waals surface area contributed by atoms with E-state index < -0.39 is 99.3 Å². The van der Waals surface area contributed by atoms with Gasteiger partial charge in [-0.1, -0.05) is 144 Å². The molecule has 2 rings (SSSR count). The molecule has 7 N–H and O–H groups in total. The van der Waals surface area contributed by atoms with E-state index in [2.05, 4.69) is 98.9 Å². The molecule has 2 aliphatic rings. The van der Waals surface area contributed by atoms with Crippen LogP contribution in [0.2, 0.25) is 0 Å². The third-order valence-electron chi connectivity index (χ3n) is 11.9. The average Bonchev–Trinajstić information content (AvgIpc) is 3.35. The maximum atomic E-state index is 13.0. The Bertz CT molecular complexity index is 1540. The van der Waals surface area contributed by atoms with Crippen molar-refractivity contribution >= 4 is 11.9 Å². The first-order chi connectivity index (χ1) is 34.0. The first-order valence-electron chi connectivity index (χ1n) is 26.2. The number of rotatable bonds is 39. The molecule has 15 heteroatoms. The van der Waals surface area contributed by atoms with Gasteiger partial charge in [0.15, 0.2) is 18.7 Å². The number of aliphatic hydroxyl groups excluding tert-OH is 7. The molecule has 0 aliphatic carbocycles. The minimum absolute atomic E-state index is 0.135. The van der Waals surface area contributed by atoms with Crippen LogP contribution in [0.25, 0.3) is 0 Å². The fourth-order valence-corrected chi connectivity index (χ4v) is 7.59. The number of unbranched alkanes of at least 4 members (excludes halogenated alkanes) is 12. The lowest BCUT2D eigenvalue weighted by atomic mass is 9.98. The van der Waals surface area contributed by atoms with Gasteiger partial charge >= 0.3 is 11.9 Å². The summed E-state index contributed by atoms with van der Waals surface area (Å²) in [6.07, 6.45) is 33.2. The summed E-state index contributed by atoms with van der Waals surface area (Å²) in [6, 6.07) is 0. The highest BCUT2D eigenvalue weighted by molar-refractivity contribution is 5.70. The zero-order chi connectivity index (χ0) is 51.0. The second-order valence-corrected chi connectivity index (χ2v) is 18.0. The zero-order valence-electron chi connectivity index (χ0n) is 42.2. The van der Waals surface area contributed by atoms with Crippen LogP contribution in [0.15, 0.2) is 85.1 Å². The SMILES string of the molecule is CC/C=C/C/C=C/C/C=C/C/C=C/C/C=C/CCCCCC(=O)OC[C@@H](CO[C@@H]1O[C@H](CO[C@@H]2O[C@H](CO)[C@H](O)C(O)C2O)[C@H](O)C(O)C1O)OC(=O)CCCCCCC/C=C/C=C/CCCCCC. The Kier molecular flexibility index (Phi) is 36.9. The molecule has 70 heavy (non-hydrogen) atoms. The molecular formula is C55H90O15. The van der Waals surface area contributed by atoms with Crippen molar-refractivity contribution < 1.29 is 73.8 Å². The van der Waals surface area contributed by atoms with Crippen molar-refractivity contribution in [2.75, 3.05) is 26.4 Å². The molecule has 15 nitrogen and oxygen atoms in total. The van der Waals surface area contributed by atoms with E-state index in [9.17, 15) is 45.3 Å². The van der Waals surface area contributed by atoms with Crippen molar-refractivity contribution in [1.29, 1.82) is 0 Å². The molecule has 0 aromatic carbocycles. The van der Waals surface area contributed by atoms with Crippen LogP contribution in [0.3, 0.4) is 0 Å². The first-order valence-corrected chi connectivity index (χ1v) is 26.2. The lowest BCUT2D eigenvalue weighted by Gasteiger charge is -2.42. The molecule has 0 saturated carbocycles. The van der Waals surface area contributed by atoms with E-state index in [1.165, 1.54) is 25.7 Å². The quantitative estimate of drug-likeness (QED) is 0.0136. The first kappa shape index (κ1) is 62.8. The van der Waals surface area contributed by atoms with Crippen LogP contribution in [0, 0.1) is 0 Å². The van der Waals surface area contributed by atoms with Crippen molar-refractivity contribution in [1.82, 2.24) is 0 Å². The van der Waals surface area contributed by atoms with Gasteiger partial charge in [-0.15, -0.1) is 0 Å². The third kappa shape index (κ3) is 28.7. The summed E-state index contributed by atoms with van der Waals surface area (Å²) < 4.78 is 33.5. The molecule has 4 unspecified atom stereocenters. The standard InChI is InChI=1S/C55H90O15/c1-3-5-7-9-11-13-15-17-19-20-21-22-24-25-27-29-31-33-35-37-46(57)65-40-43(68-47(58)38-36-34-32-30-28-26-23-18-16-14-12-10-8-6-4-2)41-66-54-53(64)51(62)49(60)45(70-54)42-67-55-52(63)50(61)48(59)44(39-56)69-55/h5,7,11,13-14,16-19,21-23,25,27,43-45,48-56,59-64H,3-4,6,8-10,12,15,20,24,26,28-42H2,1-2H3/b7-5+,13-11+,16-14+,19-17+,22-21+,23-18+,27-25+/t43-,44+,45+,48-,49-,50?,51?,52?,53?,54+,55+/m0/s1. The number of hydrogen-bond acceptors (Lipinski definition) is 15. The Labute approximate surface area is 418 Å². The van der Waals surface area contributed by atoms with E-state index in [0.29, 0.717) is 12.8 Å². The van der Waals surface area contributed by atoms with Crippen LogP contribution in [-0.2, 0) is 38.0 Å². The Balaban J connectivity index is 1.83. The largest absolute Gasteiger partial charge is 0.462 e. The highest BCUT2D eigenvalue weighted by Crippen LogP contribution is 2.26. The summed E-state index contributed by atoms with van der Waals surface area (Å²) in [5, 5.41) is 72.1. The number of allylic oxidation sites excluding steroid dienone is 14. The van der Waals surface area contributed by atoms with E-state index in [-0.39, 0.29) is 19.4 Å². The lowest BCUT2D eigenvalue weighted by molar-refractivity contribution is -0.332. The molecule has 0 spiro atoms. The molecule has 2 fully saturated rings. The number of hydrogen-bond donors (Lipinski definition) is 7. The van der Waals surface area contributed by atoms with Gasteiger partial charge in [-0.3, -0.25) is 9.59 Å². The second kappa shape index (κ2) is 41.2. The van der Waals surface area contributed by atoms with E-state index >= 15 is 0 Å². The summed E-state index contributed by atoms with van der Waals surface area (Å²) in [4.78, 5) is 25.8. The van der Waals surface area contributed by atoms with Crippen molar-refractivity contribution in [3.63, 3.8) is 0 Å². The number of ether oxygens (including phenoxy) is 6.